The molecular weight excluding hydrogens is 292 g/mol. The van der Waals surface area contributed by atoms with Gasteiger partial charge in [-0.1, -0.05) is 0 Å². The summed E-state index contributed by atoms with van der Waals surface area (Å²) in [4.78, 5) is 20.6. The lowest BCUT2D eigenvalue weighted by Gasteiger charge is -2.08. The molecule has 0 aromatic carbocycles. The Morgan fingerprint density at radius 3 is 3.14 bits per heavy atom. The molecule has 0 atom stereocenters. The van der Waals surface area contributed by atoms with E-state index in [2.05, 4.69) is 15.3 Å². The molecular formula is C14H19ClN4O2. The van der Waals surface area contributed by atoms with E-state index < -0.39 is 0 Å². The lowest BCUT2D eigenvalue weighted by atomic mass is 10.3. The van der Waals surface area contributed by atoms with Gasteiger partial charge in [0.1, 0.15) is 11.3 Å². The fraction of sp³-hybridized carbons (Fsp3) is 0.500. The van der Waals surface area contributed by atoms with Crippen LogP contribution in [0.15, 0.2) is 18.3 Å². The van der Waals surface area contributed by atoms with Gasteiger partial charge in [-0.2, -0.15) is 0 Å². The number of hydrogen-bond donors (Lipinski definition) is 1. The quantitative estimate of drug-likeness (QED) is 0.590. The molecule has 0 spiro atoms. The van der Waals surface area contributed by atoms with E-state index in [0.29, 0.717) is 38.4 Å². The summed E-state index contributed by atoms with van der Waals surface area (Å²) in [5.74, 6) is 1.34. The summed E-state index contributed by atoms with van der Waals surface area (Å²) in [5, 5.41) is 2.80. The van der Waals surface area contributed by atoms with E-state index in [1.807, 2.05) is 16.7 Å². The average molecular weight is 311 g/mol. The van der Waals surface area contributed by atoms with Crippen LogP contribution in [0.3, 0.4) is 0 Å². The van der Waals surface area contributed by atoms with Gasteiger partial charge < -0.3 is 14.6 Å². The van der Waals surface area contributed by atoms with Gasteiger partial charge in [-0.3, -0.25) is 4.79 Å². The van der Waals surface area contributed by atoms with Crippen molar-refractivity contribution in [1.82, 2.24) is 19.9 Å². The zero-order chi connectivity index (χ0) is 15.1. The molecule has 0 fully saturated rings. The first-order valence-electron chi connectivity index (χ1n) is 6.88. The minimum atomic E-state index is -0.0124. The SMILES string of the molecule is COCCNC(=O)CCn1c(CCCl)nc2cccnc21. The molecule has 114 valence electrons. The number of carbonyl (C=O) groups excluding carboxylic acids is 1. The smallest absolute Gasteiger partial charge is 0.221 e. The van der Waals surface area contributed by atoms with E-state index in [-0.39, 0.29) is 5.91 Å². The van der Waals surface area contributed by atoms with Crippen molar-refractivity contribution in [3.63, 3.8) is 0 Å². The number of hydrogen-bond acceptors (Lipinski definition) is 4. The number of ether oxygens (including phenoxy) is 1. The number of pyridine rings is 1. The van der Waals surface area contributed by atoms with E-state index in [4.69, 9.17) is 16.3 Å². The lowest BCUT2D eigenvalue weighted by Crippen LogP contribution is -2.27. The lowest BCUT2D eigenvalue weighted by molar-refractivity contribution is -0.121. The van der Waals surface area contributed by atoms with E-state index in [1.165, 1.54) is 0 Å². The van der Waals surface area contributed by atoms with Crippen molar-refractivity contribution in [1.29, 1.82) is 0 Å². The molecule has 0 radical (unpaired) electrons. The molecule has 7 heteroatoms. The van der Waals surface area contributed by atoms with Crippen LogP contribution < -0.4 is 5.32 Å². The van der Waals surface area contributed by atoms with Crippen molar-refractivity contribution >= 4 is 28.7 Å². The van der Waals surface area contributed by atoms with E-state index in [9.17, 15) is 4.79 Å². The normalized spacial score (nSPS) is 11.0. The van der Waals surface area contributed by atoms with Crippen LogP contribution in [0.1, 0.15) is 12.2 Å². The second-order valence-electron chi connectivity index (χ2n) is 4.56. The predicted molar refractivity (Wildman–Crippen MR) is 81.5 cm³/mol. The maximum absolute atomic E-state index is 11.8. The highest BCUT2D eigenvalue weighted by molar-refractivity contribution is 6.17. The van der Waals surface area contributed by atoms with Gasteiger partial charge in [-0.05, 0) is 12.1 Å². The van der Waals surface area contributed by atoms with Gasteiger partial charge in [-0.15, -0.1) is 11.6 Å². The highest BCUT2D eigenvalue weighted by Gasteiger charge is 2.12. The molecule has 1 N–H and O–H groups in total. The number of alkyl halides is 1. The molecule has 2 heterocycles. The summed E-state index contributed by atoms with van der Waals surface area (Å²) in [5.41, 5.74) is 1.62. The number of nitrogens with one attached hydrogen (secondary N) is 1. The standard InChI is InChI=1S/C14H19ClN4O2/c1-21-10-8-16-13(20)5-9-19-12(4-6-15)18-11-3-2-7-17-14(11)19/h2-3,7H,4-6,8-10H2,1H3,(H,16,20). The number of nitrogens with zero attached hydrogens (tertiary/aromatic N) is 3. The van der Waals surface area contributed by atoms with Crippen LogP contribution in [0, 0.1) is 0 Å². The largest absolute Gasteiger partial charge is 0.383 e. The number of carbonyl (C=O) groups is 1. The summed E-state index contributed by atoms with van der Waals surface area (Å²) in [6.45, 7) is 1.57. The minimum absolute atomic E-state index is 0.0124. The topological polar surface area (TPSA) is 69.0 Å². The Hall–Kier alpha value is -1.66. The second kappa shape index (κ2) is 7.95. The predicted octanol–water partition coefficient (Wildman–Crippen LogP) is 1.37. The zero-order valence-corrected chi connectivity index (χ0v) is 12.8. The first-order chi connectivity index (χ1) is 10.3. The first kappa shape index (κ1) is 15.7. The summed E-state index contributed by atoms with van der Waals surface area (Å²) >= 11 is 5.82. The van der Waals surface area contributed by atoms with Crippen molar-refractivity contribution in [3.8, 4) is 0 Å². The second-order valence-corrected chi connectivity index (χ2v) is 4.94. The molecule has 6 nitrogen and oxygen atoms in total. The zero-order valence-electron chi connectivity index (χ0n) is 12.0. The Morgan fingerprint density at radius 2 is 2.38 bits per heavy atom. The third kappa shape index (κ3) is 4.15. The van der Waals surface area contributed by atoms with Crippen molar-refractivity contribution < 1.29 is 9.53 Å². The number of fused-ring (bicyclic) bond motifs is 1. The fourth-order valence-electron chi connectivity index (χ4n) is 2.11. The van der Waals surface area contributed by atoms with E-state index in [1.54, 1.807) is 13.3 Å². The Labute approximate surface area is 128 Å². The average Bonchev–Trinajstić information content (AvgIpc) is 2.83. The van der Waals surface area contributed by atoms with Crippen LogP contribution in [-0.4, -0.2) is 46.6 Å². The van der Waals surface area contributed by atoms with E-state index >= 15 is 0 Å². The molecule has 1 amide bonds. The Kier molecular flexibility index (Phi) is 5.95. The molecule has 0 saturated heterocycles. The Morgan fingerprint density at radius 1 is 1.52 bits per heavy atom. The van der Waals surface area contributed by atoms with Crippen molar-refractivity contribution in [2.24, 2.45) is 0 Å². The molecule has 2 aromatic heterocycles. The molecule has 0 aliphatic carbocycles. The fourth-order valence-corrected chi connectivity index (χ4v) is 2.28. The molecule has 0 unspecified atom stereocenters. The Bertz CT molecular complexity index is 600. The first-order valence-corrected chi connectivity index (χ1v) is 7.41. The van der Waals surface area contributed by atoms with Crippen molar-refractivity contribution in [3.05, 3.63) is 24.2 Å². The highest BCUT2D eigenvalue weighted by Crippen LogP contribution is 2.15. The van der Waals surface area contributed by atoms with Gasteiger partial charge >= 0.3 is 0 Å². The molecule has 21 heavy (non-hydrogen) atoms. The van der Waals surface area contributed by atoms with Gasteiger partial charge in [0.15, 0.2) is 5.65 Å². The minimum Gasteiger partial charge on any atom is -0.383 e. The van der Waals surface area contributed by atoms with Gasteiger partial charge in [-0.25, -0.2) is 9.97 Å². The number of amides is 1. The molecule has 0 aliphatic rings. The highest BCUT2D eigenvalue weighted by atomic mass is 35.5. The summed E-state index contributed by atoms with van der Waals surface area (Å²) in [7, 11) is 1.61. The van der Waals surface area contributed by atoms with Gasteiger partial charge in [0.05, 0.1) is 6.61 Å². The number of aryl methyl sites for hydroxylation is 2. The summed E-state index contributed by atoms with van der Waals surface area (Å²) in [6.07, 6.45) is 2.76. The van der Waals surface area contributed by atoms with Gasteiger partial charge in [0.2, 0.25) is 5.91 Å². The van der Waals surface area contributed by atoms with Crippen LogP contribution in [-0.2, 0) is 22.5 Å². The van der Waals surface area contributed by atoms with Crippen molar-refractivity contribution in [2.75, 3.05) is 26.1 Å². The van der Waals surface area contributed by atoms with E-state index in [0.717, 1.165) is 17.0 Å². The molecule has 2 aromatic rings. The third-order valence-corrected chi connectivity index (χ3v) is 3.28. The summed E-state index contributed by atoms with van der Waals surface area (Å²) in [6, 6.07) is 3.76. The van der Waals surface area contributed by atoms with Crippen LogP contribution in [0.25, 0.3) is 11.2 Å². The number of imidazole rings is 1. The van der Waals surface area contributed by atoms with Crippen LogP contribution in [0.5, 0.6) is 0 Å². The molecule has 0 saturated carbocycles. The molecule has 2 rings (SSSR count). The maximum Gasteiger partial charge on any atom is 0.221 e. The monoisotopic (exact) mass is 310 g/mol. The number of aromatic nitrogens is 3. The van der Waals surface area contributed by atoms with Crippen LogP contribution >= 0.6 is 11.6 Å². The third-order valence-electron chi connectivity index (χ3n) is 3.09. The van der Waals surface area contributed by atoms with Gasteiger partial charge in [0.25, 0.3) is 0 Å². The number of methoxy groups -OCH3 is 1. The molecule has 0 aliphatic heterocycles. The van der Waals surface area contributed by atoms with Crippen LogP contribution in [0.4, 0.5) is 0 Å². The summed E-state index contributed by atoms with van der Waals surface area (Å²) < 4.78 is 6.86. The van der Waals surface area contributed by atoms with Gasteiger partial charge in [0, 0.05) is 45.1 Å². The number of rotatable bonds is 8. The molecule has 0 bridgehead atoms. The maximum atomic E-state index is 11.8. The number of halogens is 1. The van der Waals surface area contributed by atoms with Crippen LogP contribution in [0.2, 0.25) is 0 Å². The Balaban J connectivity index is 2.06. The van der Waals surface area contributed by atoms with Crippen molar-refractivity contribution in [2.45, 2.75) is 19.4 Å².